The van der Waals surface area contributed by atoms with Crippen molar-refractivity contribution in [2.75, 3.05) is 25.3 Å². The quantitative estimate of drug-likeness (QED) is 0.424. The molecular formula is C23H21NO4S. The Labute approximate surface area is 174 Å². The minimum absolute atomic E-state index is 0.0652. The largest absolute Gasteiger partial charge is 0.493 e. The van der Waals surface area contributed by atoms with Gasteiger partial charge < -0.3 is 14.8 Å². The minimum atomic E-state index is -0.256. The Morgan fingerprint density at radius 2 is 1.59 bits per heavy atom. The van der Waals surface area contributed by atoms with Gasteiger partial charge in [0.15, 0.2) is 17.3 Å². The average molecular weight is 407 g/mol. The van der Waals surface area contributed by atoms with Crippen molar-refractivity contribution in [2.24, 2.45) is 0 Å². The van der Waals surface area contributed by atoms with Crippen LogP contribution in [0.15, 0.2) is 77.7 Å². The number of nitrogens with one attached hydrogen (secondary N) is 1. The molecule has 148 valence electrons. The molecule has 6 heteroatoms. The summed E-state index contributed by atoms with van der Waals surface area (Å²) in [6, 6.07) is 21.6. The highest BCUT2D eigenvalue weighted by Gasteiger charge is 2.12. The maximum absolute atomic E-state index is 12.6. The van der Waals surface area contributed by atoms with E-state index in [2.05, 4.69) is 5.32 Å². The van der Waals surface area contributed by atoms with Crippen molar-refractivity contribution in [2.45, 2.75) is 4.90 Å². The number of hydrogen-bond acceptors (Lipinski definition) is 5. The number of benzene rings is 3. The van der Waals surface area contributed by atoms with Crippen LogP contribution in [0, 0.1) is 0 Å². The highest BCUT2D eigenvalue weighted by Crippen LogP contribution is 2.28. The van der Waals surface area contributed by atoms with E-state index in [1.54, 1.807) is 25.3 Å². The second kappa shape index (κ2) is 9.80. The molecule has 0 heterocycles. The maximum Gasteiger partial charge on any atom is 0.255 e. The predicted molar refractivity (Wildman–Crippen MR) is 115 cm³/mol. The molecule has 0 unspecified atom stereocenters. The fourth-order valence-corrected chi connectivity index (χ4v) is 3.55. The van der Waals surface area contributed by atoms with Crippen molar-refractivity contribution in [3.8, 4) is 11.5 Å². The lowest BCUT2D eigenvalue weighted by atomic mass is 10.2. The number of ketones is 1. The number of anilines is 1. The van der Waals surface area contributed by atoms with Gasteiger partial charge in [-0.05, 0) is 36.4 Å². The molecule has 0 saturated carbocycles. The highest BCUT2D eigenvalue weighted by molar-refractivity contribution is 8.00. The summed E-state index contributed by atoms with van der Waals surface area (Å²) in [7, 11) is 3.07. The summed E-state index contributed by atoms with van der Waals surface area (Å²) in [4.78, 5) is 25.7. The third kappa shape index (κ3) is 5.39. The van der Waals surface area contributed by atoms with Gasteiger partial charge in [-0.1, -0.05) is 36.4 Å². The van der Waals surface area contributed by atoms with Crippen molar-refractivity contribution in [3.05, 3.63) is 83.9 Å². The second-order valence-corrected chi connectivity index (χ2v) is 7.18. The van der Waals surface area contributed by atoms with Gasteiger partial charge in [0.1, 0.15) is 0 Å². The summed E-state index contributed by atoms with van der Waals surface area (Å²) in [5.41, 5.74) is 1.81. The van der Waals surface area contributed by atoms with Gasteiger partial charge in [-0.2, -0.15) is 0 Å². The van der Waals surface area contributed by atoms with E-state index in [1.807, 2.05) is 54.6 Å². The number of carbonyl (C=O) groups is 2. The third-order valence-corrected chi connectivity index (χ3v) is 5.20. The molecule has 0 aliphatic rings. The molecule has 0 spiro atoms. The molecule has 0 atom stereocenters. The Bertz CT molecular complexity index is 1000. The van der Waals surface area contributed by atoms with Crippen molar-refractivity contribution < 1.29 is 19.1 Å². The van der Waals surface area contributed by atoms with Crippen LogP contribution in [0.3, 0.4) is 0 Å². The third-order valence-electron chi connectivity index (χ3n) is 4.20. The van der Waals surface area contributed by atoms with Crippen LogP contribution in [0.4, 0.5) is 5.69 Å². The summed E-state index contributed by atoms with van der Waals surface area (Å²) < 4.78 is 10.4. The molecule has 0 aliphatic heterocycles. The van der Waals surface area contributed by atoms with Gasteiger partial charge in [-0.15, -0.1) is 11.8 Å². The first-order valence-corrected chi connectivity index (χ1v) is 9.94. The number of ether oxygens (including phenoxy) is 2. The topological polar surface area (TPSA) is 64.6 Å². The van der Waals surface area contributed by atoms with Gasteiger partial charge in [0.25, 0.3) is 5.91 Å². The van der Waals surface area contributed by atoms with E-state index in [0.29, 0.717) is 34.1 Å². The predicted octanol–water partition coefficient (Wildman–Crippen LogP) is 4.93. The van der Waals surface area contributed by atoms with Crippen LogP contribution in [-0.4, -0.2) is 31.7 Å². The summed E-state index contributed by atoms with van der Waals surface area (Å²) in [5, 5.41) is 2.87. The van der Waals surface area contributed by atoms with Crippen molar-refractivity contribution >= 4 is 29.1 Å². The molecule has 3 rings (SSSR count). The van der Waals surface area contributed by atoms with Crippen LogP contribution >= 0.6 is 11.8 Å². The number of amides is 1. The average Bonchev–Trinajstić information content (AvgIpc) is 2.77. The molecule has 1 amide bonds. The summed E-state index contributed by atoms with van der Waals surface area (Å²) in [6.45, 7) is 0. The Balaban J connectivity index is 1.65. The van der Waals surface area contributed by atoms with Crippen LogP contribution in [0.1, 0.15) is 20.7 Å². The normalized spacial score (nSPS) is 10.3. The van der Waals surface area contributed by atoms with Gasteiger partial charge in [-0.25, -0.2) is 0 Å². The molecule has 1 N–H and O–H groups in total. The Morgan fingerprint density at radius 1 is 0.828 bits per heavy atom. The molecule has 0 fully saturated rings. The fraction of sp³-hybridized carbons (Fsp3) is 0.130. The molecule has 29 heavy (non-hydrogen) atoms. The van der Waals surface area contributed by atoms with Gasteiger partial charge in [0.05, 0.1) is 20.0 Å². The zero-order valence-corrected chi connectivity index (χ0v) is 17.0. The van der Waals surface area contributed by atoms with Gasteiger partial charge >= 0.3 is 0 Å². The minimum Gasteiger partial charge on any atom is -0.493 e. The molecule has 5 nitrogen and oxygen atoms in total. The van der Waals surface area contributed by atoms with Gasteiger partial charge in [0, 0.05) is 21.7 Å². The highest BCUT2D eigenvalue weighted by atomic mass is 32.2. The van der Waals surface area contributed by atoms with Crippen molar-refractivity contribution in [3.63, 3.8) is 0 Å². The van der Waals surface area contributed by atoms with Gasteiger partial charge in [0.2, 0.25) is 0 Å². The van der Waals surface area contributed by atoms with Crippen molar-refractivity contribution in [1.82, 2.24) is 0 Å². The lowest BCUT2D eigenvalue weighted by molar-refractivity contribution is 0.101. The first-order valence-electron chi connectivity index (χ1n) is 8.95. The van der Waals surface area contributed by atoms with E-state index < -0.39 is 0 Å². The monoisotopic (exact) mass is 407 g/mol. The molecule has 0 saturated heterocycles. The van der Waals surface area contributed by atoms with Crippen LogP contribution in [0.25, 0.3) is 0 Å². The second-order valence-electron chi connectivity index (χ2n) is 6.13. The molecular weight excluding hydrogens is 386 g/mol. The fourth-order valence-electron chi connectivity index (χ4n) is 2.70. The Morgan fingerprint density at radius 3 is 2.31 bits per heavy atom. The summed E-state index contributed by atoms with van der Waals surface area (Å²) in [6.07, 6.45) is 0. The van der Waals surface area contributed by atoms with E-state index in [-0.39, 0.29) is 11.7 Å². The van der Waals surface area contributed by atoms with E-state index in [4.69, 9.17) is 9.47 Å². The zero-order valence-electron chi connectivity index (χ0n) is 16.2. The zero-order chi connectivity index (χ0) is 20.6. The summed E-state index contributed by atoms with van der Waals surface area (Å²) >= 11 is 1.43. The molecule has 3 aromatic rings. The van der Waals surface area contributed by atoms with E-state index >= 15 is 0 Å². The summed E-state index contributed by atoms with van der Waals surface area (Å²) in [5.74, 6) is 1.19. The van der Waals surface area contributed by atoms with Crippen molar-refractivity contribution in [1.29, 1.82) is 0 Å². The lowest BCUT2D eigenvalue weighted by Crippen LogP contribution is -2.12. The van der Waals surface area contributed by atoms with Crippen LogP contribution in [0.5, 0.6) is 11.5 Å². The lowest BCUT2D eigenvalue weighted by Gasteiger charge is -2.10. The first kappa shape index (κ1) is 20.5. The van der Waals surface area contributed by atoms with Crippen LogP contribution < -0.4 is 14.8 Å². The van der Waals surface area contributed by atoms with E-state index in [1.165, 1.54) is 18.9 Å². The molecule has 0 aliphatic carbocycles. The Hall–Kier alpha value is -3.25. The Kier molecular flexibility index (Phi) is 6.92. The number of thioether (sulfide) groups is 1. The van der Waals surface area contributed by atoms with Crippen LogP contribution in [-0.2, 0) is 0 Å². The van der Waals surface area contributed by atoms with E-state index in [0.717, 1.165) is 4.90 Å². The van der Waals surface area contributed by atoms with Crippen LogP contribution in [0.2, 0.25) is 0 Å². The van der Waals surface area contributed by atoms with E-state index in [9.17, 15) is 9.59 Å². The maximum atomic E-state index is 12.6. The first-order chi connectivity index (χ1) is 14.1. The number of rotatable bonds is 8. The number of methoxy groups -OCH3 is 2. The number of hydrogen-bond donors (Lipinski definition) is 1. The molecule has 0 bridgehead atoms. The standard InChI is InChI=1S/C23H21NO4S/c1-27-21-12-11-17(13-22(21)28-2)23(26)24-18-9-6-10-19(14-18)29-15-20(25)16-7-4-3-5-8-16/h3-14H,15H2,1-2H3,(H,24,26). The molecule has 3 aromatic carbocycles. The number of Topliss-reactive ketones (excluding diaryl/α,β-unsaturated/α-hetero) is 1. The number of carbonyl (C=O) groups excluding carboxylic acids is 2. The van der Waals surface area contributed by atoms with Gasteiger partial charge in [-0.3, -0.25) is 9.59 Å². The molecule has 0 aromatic heterocycles. The molecule has 0 radical (unpaired) electrons. The smallest absolute Gasteiger partial charge is 0.255 e. The SMILES string of the molecule is COc1ccc(C(=O)Nc2cccc(SCC(=O)c3ccccc3)c2)cc1OC.